The molecule has 3 N–H and O–H groups in total. The summed E-state index contributed by atoms with van der Waals surface area (Å²) in [4.78, 5) is 12.3. The van der Waals surface area contributed by atoms with E-state index in [9.17, 15) is 9.90 Å². The Hall–Kier alpha value is -3.11. The van der Waals surface area contributed by atoms with Gasteiger partial charge in [0.25, 0.3) is 5.91 Å². The number of carbonyl (C=O) groups is 1. The number of rotatable bonds is 6. The summed E-state index contributed by atoms with van der Waals surface area (Å²) in [6.45, 7) is 2.62. The molecule has 3 aromatic carbocycles. The zero-order valence-corrected chi connectivity index (χ0v) is 14.6. The molecule has 132 valence electrons. The number of anilines is 1. The second-order valence-corrected chi connectivity index (χ2v) is 6.18. The fourth-order valence-electron chi connectivity index (χ4n) is 2.72. The van der Waals surface area contributed by atoms with E-state index in [1.54, 1.807) is 24.3 Å². The van der Waals surface area contributed by atoms with E-state index in [1.165, 1.54) is 0 Å². The van der Waals surface area contributed by atoms with Gasteiger partial charge in [0.2, 0.25) is 0 Å². The van der Waals surface area contributed by atoms with Crippen LogP contribution in [0.2, 0.25) is 0 Å². The molecular formula is C22H22N2O2. The van der Waals surface area contributed by atoms with E-state index < -0.39 is 0 Å². The van der Waals surface area contributed by atoms with E-state index >= 15 is 0 Å². The van der Waals surface area contributed by atoms with Gasteiger partial charge in [-0.1, -0.05) is 48.5 Å². The normalized spacial score (nSPS) is 11.7. The maximum absolute atomic E-state index is 12.3. The molecule has 1 atom stereocenters. The molecule has 0 aliphatic heterocycles. The smallest absolute Gasteiger partial charge is 0.255 e. The number of carbonyl (C=O) groups excluding carboxylic acids is 1. The number of phenolic OH excluding ortho intramolecular Hbond substituents is 1. The topological polar surface area (TPSA) is 61.4 Å². The van der Waals surface area contributed by atoms with Crippen LogP contribution in [0.4, 0.5) is 5.69 Å². The van der Waals surface area contributed by atoms with Crippen LogP contribution in [0, 0.1) is 0 Å². The Balaban J connectivity index is 1.65. The summed E-state index contributed by atoms with van der Waals surface area (Å²) >= 11 is 0. The number of nitrogens with one attached hydrogen (secondary N) is 2. The standard InChI is InChI=1S/C22H22N2O2/c1-16(23-15-19-10-5-6-13-21(19)25)18-11-7-12-20(14-18)24-22(26)17-8-3-2-4-9-17/h2-14,16,23,25H,15H2,1H3,(H,24,26)/t16-/m1/s1. The van der Waals surface area contributed by atoms with Crippen LogP contribution in [0.5, 0.6) is 5.75 Å². The van der Waals surface area contributed by atoms with Crippen molar-refractivity contribution in [1.82, 2.24) is 5.32 Å². The first-order valence-corrected chi connectivity index (χ1v) is 8.60. The van der Waals surface area contributed by atoms with E-state index in [2.05, 4.69) is 17.6 Å². The molecule has 0 aliphatic rings. The van der Waals surface area contributed by atoms with Crippen molar-refractivity contribution in [1.29, 1.82) is 0 Å². The van der Waals surface area contributed by atoms with Gasteiger partial charge < -0.3 is 15.7 Å². The summed E-state index contributed by atoms with van der Waals surface area (Å²) in [6, 6.07) is 24.3. The number of amides is 1. The van der Waals surface area contributed by atoms with Gasteiger partial charge in [-0.25, -0.2) is 0 Å². The number of aromatic hydroxyl groups is 1. The van der Waals surface area contributed by atoms with E-state index in [4.69, 9.17) is 0 Å². The van der Waals surface area contributed by atoms with Gasteiger partial charge in [0.1, 0.15) is 5.75 Å². The second kappa shape index (κ2) is 8.32. The summed E-state index contributed by atoms with van der Waals surface area (Å²) in [5, 5.41) is 16.2. The van der Waals surface area contributed by atoms with Gasteiger partial charge in [-0.3, -0.25) is 4.79 Å². The van der Waals surface area contributed by atoms with E-state index in [-0.39, 0.29) is 17.7 Å². The van der Waals surface area contributed by atoms with Crippen molar-refractivity contribution in [3.63, 3.8) is 0 Å². The Morgan fingerprint density at radius 3 is 2.46 bits per heavy atom. The molecule has 0 aromatic heterocycles. The maximum atomic E-state index is 12.3. The van der Waals surface area contributed by atoms with Gasteiger partial charge in [-0.2, -0.15) is 0 Å². The monoisotopic (exact) mass is 346 g/mol. The molecule has 3 aromatic rings. The predicted molar refractivity (Wildman–Crippen MR) is 104 cm³/mol. The van der Waals surface area contributed by atoms with Crippen LogP contribution in [0.1, 0.15) is 34.5 Å². The van der Waals surface area contributed by atoms with Gasteiger partial charge in [0.05, 0.1) is 0 Å². The van der Waals surface area contributed by atoms with Crippen LogP contribution in [0.25, 0.3) is 0 Å². The van der Waals surface area contributed by atoms with Crippen LogP contribution in [-0.4, -0.2) is 11.0 Å². The van der Waals surface area contributed by atoms with Crippen LogP contribution in [0.3, 0.4) is 0 Å². The molecule has 0 saturated carbocycles. The number of para-hydroxylation sites is 1. The summed E-state index contributed by atoms with van der Waals surface area (Å²) in [6.07, 6.45) is 0. The average molecular weight is 346 g/mol. The minimum atomic E-state index is -0.127. The van der Waals surface area contributed by atoms with Gasteiger partial charge in [0, 0.05) is 29.4 Å². The molecular weight excluding hydrogens is 324 g/mol. The lowest BCUT2D eigenvalue weighted by molar-refractivity contribution is 0.102. The molecule has 0 saturated heterocycles. The third kappa shape index (κ3) is 4.49. The quantitative estimate of drug-likeness (QED) is 0.616. The molecule has 0 bridgehead atoms. The summed E-state index contributed by atoms with van der Waals surface area (Å²) in [5.74, 6) is 0.161. The zero-order valence-electron chi connectivity index (χ0n) is 14.6. The first-order chi connectivity index (χ1) is 12.6. The van der Waals surface area contributed by atoms with Crippen LogP contribution >= 0.6 is 0 Å². The molecule has 0 radical (unpaired) electrons. The number of hydrogen-bond acceptors (Lipinski definition) is 3. The third-order valence-electron chi connectivity index (χ3n) is 4.27. The fourth-order valence-corrected chi connectivity index (χ4v) is 2.72. The van der Waals surface area contributed by atoms with Crippen LogP contribution in [0.15, 0.2) is 78.9 Å². The highest BCUT2D eigenvalue weighted by atomic mass is 16.3. The Labute approximate surface area is 153 Å². The Morgan fingerprint density at radius 2 is 1.69 bits per heavy atom. The largest absolute Gasteiger partial charge is 0.508 e. The Morgan fingerprint density at radius 1 is 0.962 bits per heavy atom. The number of hydrogen-bond donors (Lipinski definition) is 3. The van der Waals surface area contributed by atoms with Crippen molar-refractivity contribution >= 4 is 11.6 Å². The Kier molecular flexibility index (Phi) is 5.66. The first-order valence-electron chi connectivity index (χ1n) is 8.60. The lowest BCUT2D eigenvalue weighted by Gasteiger charge is -2.16. The second-order valence-electron chi connectivity index (χ2n) is 6.18. The van der Waals surface area contributed by atoms with E-state index in [0.717, 1.165) is 16.8 Å². The third-order valence-corrected chi connectivity index (χ3v) is 4.27. The molecule has 1 amide bonds. The molecule has 0 unspecified atom stereocenters. The van der Waals surface area contributed by atoms with Gasteiger partial charge in [-0.05, 0) is 42.8 Å². The van der Waals surface area contributed by atoms with Gasteiger partial charge >= 0.3 is 0 Å². The maximum Gasteiger partial charge on any atom is 0.255 e. The molecule has 3 rings (SSSR count). The van der Waals surface area contributed by atoms with Crippen molar-refractivity contribution in [3.8, 4) is 5.75 Å². The summed E-state index contributed by atoms with van der Waals surface area (Å²) in [7, 11) is 0. The summed E-state index contributed by atoms with van der Waals surface area (Å²) in [5.41, 5.74) is 3.30. The molecule has 26 heavy (non-hydrogen) atoms. The highest BCUT2D eigenvalue weighted by Gasteiger charge is 2.09. The minimum absolute atomic E-state index is 0.0724. The molecule has 0 spiro atoms. The fraction of sp³-hybridized carbons (Fsp3) is 0.136. The molecule has 4 nitrogen and oxygen atoms in total. The van der Waals surface area contributed by atoms with Gasteiger partial charge in [0.15, 0.2) is 0 Å². The van der Waals surface area contributed by atoms with Gasteiger partial charge in [-0.15, -0.1) is 0 Å². The van der Waals surface area contributed by atoms with Crippen molar-refractivity contribution in [2.75, 3.05) is 5.32 Å². The molecule has 0 heterocycles. The van der Waals surface area contributed by atoms with Crippen LogP contribution < -0.4 is 10.6 Å². The molecule has 0 aliphatic carbocycles. The van der Waals surface area contributed by atoms with Crippen molar-refractivity contribution in [3.05, 3.63) is 95.6 Å². The van der Waals surface area contributed by atoms with Crippen molar-refractivity contribution < 1.29 is 9.90 Å². The van der Waals surface area contributed by atoms with Crippen LogP contribution in [-0.2, 0) is 6.54 Å². The van der Waals surface area contributed by atoms with E-state index in [1.807, 2.05) is 54.6 Å². The lowest BCUT2D eigenvalue weighted by atomic mass is 10.1. The molecule has 4 heteroatoms. The predicted octanol–water partition coefficient (Wildman–Crippen LogP) is 4.50. The molecule has 0 fully saturated rings. The minimum Gasteiger partial charge on any atom is -0.508 e. The highest BCUT2D eigenvalue weighted by molar-refractivity contribution is 6.04. The SMILES string of the molecule is C[C@@H](NCc1ccccc1O)c1cccc(NC(=O)c2ccccc2)c1. The number of benzene rings is 3. The zero-order chi connectivity index (χ0) is 18.4. The lowest BCUT2D eigenvalue weighted by Crippen LogP contribution is -2.18. The first kappa shape index (κ1) is 17.7. The van der Waals surface area contributed by atoms with Crippen molar-refractivity contribution in [2.45, 2.75) is 19.5 Å². The number of phenols is 1. The average Bonchev–Trinajstić information content (AvgIpc) is 2.68. The highest BCUT2D eigenvalue weighted by Crippen LogP contribution is 2.20. The van der Waals surface area contributed by atoms with Crippen molar-refractivity contribution in [2.24, 2.45) is 0 Å². The van der Waals surface area contributed by atoms with E-state index in [0.29, 0.717) is 12.1 Å². The Bertz CT molecular complexity index is 878. The summed E-state index contributed by atoms with van der Waals surface area (Å²) < 4.78 is 0.